The van der Waals surface area contributed by atoms with Crippen LogP contribution in [-0.2, 0) is 11.3 Å². The molecular formula is C17H22N4O2. The second-order valence-electron chi connectivity index (χ2n) is 5.45. The van der Waals surface area contributed by atoms with Crippen molar-refractivity contribution in [1.82, 2.24) is 15.3 Å². The number of aromatic nitrogens is 2. The minimum Gasteiger partial charge on any atom is -0.472 e. The summed E-state index contributed by atoms with van der Waals surface area (Å²) in [4.78, 5) is 20.5. The molecule has 6 heteroatoms. The summed E-state index contributed by atoms with van der Waals surface area (Å²) in [6, 6.07) is 9.31. The van der Waals surface area contributed by atoms with Gasteiger partial charge in [0.25, 0.3) is 5.88 Å². The Kier molecular flexibility index (Phi) is 5.91. The van der Waals surface area contributed by atoms with Gasteiger partial charge in [-0.25, -0.2) is 9.97 Å². The second kappa shape index (κ2) is 8.12. The maximum absolute atomic E-state index is 12.2. The molecule has 0 fully saturated rings. The fraction of sp³-hybridized carbons (Fsp3) is 0.353. The molecule has 2 aromatic rings. The Bertz CT molecular complexity index is 632. The van der Waals surface area contributed by atoms with E-state index in [1.54, 1.807) is 19.3 Å². The third kappa shape index (κ3) is 5.25. The van der Waals surface area contributed by atoms with Crippen LogP contribution in [0.4, 0.5) is 5.82 Å². The first kappa shape index (κ1) is 16.7. The smallest absolute Gasteiger partial charge is 0.257 e. The predicted molar refractivity (Wildman–Crippen MR) is 89.2 cm³/mol. The molecular weight excluding hydrogens is 292 g/mol. The maximum atomic E-state index is 12.2. The predicted octanol–water partition coefficient (Wildman–Crippen LogP) is 2.38. The molecule has 2 N–H and O–H groups in total. The number of carbonyl (C=O) groups excluding carboxylic acids is 1. The van der Waals surface area contributed by atoms with Gasteiger partial charge in [0.1, 0.15) is 6.04 Å². The molecule has 0 radical (unpaired) electrons. The molecule has 6 nitrogen and oxygen atoms in total. The van der Waals surface area contributed by atoms with Crippen molar-refractivity contribution >= 4 is 11.7 Å². The first-order valence-corrected chi connectivity index (χ1v) is 7.62. The summed E-state index contributed by atoms with van der Waals surface area (Å²) in [5.41, 5.74) is 1.05. The average molecular weight is 314 g/mol. The Hall–Kier alpha value is -2.63. The van der Waals surface area contributed by atoms with Crippen LogP contribution >= 0.6 is 0 Å². The highest BCUT2D eigenvalue weighted by Gasteiger charge is 2.16. The molecule has 23 heavy (non-hydrogen) atoms. The Labute approximate surface area is 136 Å². The van der Waals surface area contributed by atoms with Crippen molar-refractivity contribution in [2.24, 2.45) is 0 Å². The summed E-state index contributed by atoms with van der Waals surface area (Å²) in [7, 11) is 0. The minimum atomic E-state index is -0.454. The van der Waals surface area contributed by atoms with Crippen LogP contribution in [0.15, 0.2) is 42.7 Å². The van der Waals surface area contributed by atoms with Crippen molar-refractivity contribution in [3.05, 3.63) is 48.3 Å². The largest absolute Gasteiger partial charge is 0.472 e. The topological polar surface area (TPSA) is 76.1 Å². The van der Waals surface area contributed by atoms with Gasteiger partial charge in [-0.2, -0.15) is 0 Å². The van der Waals surface area contributed by atoms with Gasteiger partial charge in [0.15, 0.2) is 5.82 Å². The van der Waals surface area contributed by atoms with Crippen molar-refractivity contribution in [3.63, 3.8) is 0 Å². The lowest BCUT2D eigenvalue weighted by molar-refractivity contribution is -0.121. The molecule has 0 aliphatic rings. The number of anilines is 1. The highest BCUT2D eigenvalue weighted by Crippen LogP contribution is 2.19. The molecule has 0 aliphatic heterocycles. The Balaban J connectivity index is 1.93. The van der Waals surface area contributed by atoms with Crippen molar-refractivity contribution in [2.45, 2.75) is 39.5 Å². The zero-order valence-corrected chi connectivity index (χ0v) is 13.6. The molecule has 2 rings (SSSR count). The summed E-state index contributed by atoms with van der Waals surface area (Å²) in [6.07, 6.45) is 3.10. The summed E-state index contributed by atoms with van der Waals surface area (Å²) in [5.74, 6) is 0.740. The van der Waals surface area contributed by atoms with E-state index >= 15 is 0 Å². The van der Waals surface area contributed by atoms with E-state index in [1.807, 2.05) is 44.2 Å². The Morgan fingerprint density at radius 1 is 1.13 bits per heavy atom. The lowest BCUT2D eigenvalue weighted by Gasteiger charge is -2.17. The molecule has 0 aliphatic carbocycles. The van der Waals surface area contributed by atoms with Crippen molar-refractivity contribution < 1.29 is 9.53 Å². The van der Waals surface area contributed by atoms with Gasteiger partial charge in [-0.05, 0) is 26.3 Å². The van der Waals surface area contributed by atoms with Crippen molar-refractivity contribution in [1.29, 1.82) is 0 Å². The van der Waals surface area contributed by atoms with Crippen LogP contribution in [0.25, 0.3) is 0 Å². The van der Waals surface area contributed by atoms with Crippen LogP contribution in [0.5, 0.6) is 5.88 Å². The van der Waals surface area contributed by atoms with Crippen LogP contribution in [0.1, 0.15) is 26.3 Å². The molecule has 0 saturated carbocycles. The van der Waals surface area contributed by atoms with Crippen molar-refractivity contribution in [2.75, 3.05) is 5.32 Å². The number of rotatable bonds is 7. The minimum absolute atomic E-state index is 0.0190. The normalized spacial score (nSPS) is 11.8. The van der Waals surface area contributed by atoms with Gasteiger partial charge in [-0.15, -0.1) is 0 Å². The number of benzene rings is 1. The molecule has 0 bridgehead atoms. The van der Waals surface area contributed by atoms with Crippen LogP contribution in [0.3, 0.4) is 0 Å². The Morgan fingerprint density at radius 3 is 2.52 bits per heavy atom. The lowest BCUT2D eigenvalue weighted by atomic mass is 10.2. The summed E-state index contributed by atoms with van der Waals surface area (Å²) in [5, 5.41) is 5.93. The van der Waals surface area contributed by atoms with E-state index in [1.165, 1.54) is 0 Å². The summed E-state index contributed by atoms with van der Waals surface area (Å²) in [6.45, 7) is 6.08. The Morgan fingerprint density at radius 2 is 1.83 bits per heavy atom. The van der Waals surface area contributed by atoms with Gasteiger partial charge in [0.2, 0.25) is 5.91 Å². The molecule has 122 valence electrons. The fourth-order valence-electron chi connectivity index (χ4n) is 1.94. The van der Waals surface area contributed by atoms with E-state index in [-0.39, 0.29) is 12.0 Å². The van der Waals surface area contributed by atoms with E-state index in [2.05, 4.69) is 20.6 Å². The third-order valence-corrected chi connectivity index (χ3v) is 3.07. The zero-order valence-electron chi connectivity index (χ0n) is 13.6. The SMILES string of the molecule is CC(C)Oc1nccnc1NC(C)C(=O)NCc1ccccc1. The number of hydrogen-bond acceptors (Lipinski definition) is 5. The molecule has 0 saturated heterocycles. The number of ether oxygens (including phenoxy) is 1. The number of carbonyl (C=O) groups is 1. The maximum Gasteiger partial charge on any atom is 0.257 e. The van der Waals surface area contributed by atoms with Gasteiger partial charge in [-0.3, -0.25) is 4.79 Å². The zero-order chi connectivity index (χ0) is 16.7. The van der Waals surface area contributed by atoms with Gasteiger partial charge in [0, 0.05) is 18.9 Å². The van der Waals surface area contributed by atoms with Gasteiger partial charge in [0.05, 0.1) is 6.10 Å². The molecule has 1 aromatic heterocycles. The number of amides is 1. The van der Waals surface area contributed by atoms with E-state index in [4.69, 9.17) is 4.74 Å². The highest BCUT2D eigenvalue weighted by atomic mass is 16.5. The molecule has 1 aromatic carbocycles. The molecule has 0 spiro atoms. The van der Waals surface area contributed by atoms with E-state index in [0.717, 1.165) is 5.56 Å². The molecule has 1 amide bonds. The summed E-state index contributed by atoms with van der Waals surface area (Å²) >= 11 is 0. The van der Waals surface area contributed by atoms with E-state index in [9.17, 15) is 4.79 Å². The molecule has 1 unspecified atom stereocenters. The second-order valence-corrected chi connectivity index (χ2v) is 5.45. The first-order chi connectivity index (χ1) is 11.1. The highest BCUT2D eigenvalue weighted by molar-refractivity contribution is 5.84. The van der Waals surface area contributed by atoms with Crippen LogP contribution < -0.4 is 15.4 Å². The lowest BCUT2D eigenvalue weighted by Crippen LogP contribution is -2.37. The summed E-state index contributed by atoms with van der Waals surface area (Å²) < 4.78 is 5.59. The molecule has 1 heterocycles. The average Bonchev–Trinajstić information content (AvgIpc) is 2.55. The fourth-order valence-corrected chi connectivity index (χ4v) is 1.94. The third-order valence-electron chi connectivity index (χ3n) is 3.07. The van der Waals surface area contributed by atoms with Crippen LogP contribution in [0.2, 0.25) is 0 Å². The first-order valence-electron chi connectivity index (χ1n) is 7.62. The van der Waals surface area contributed by atoms with E-state index < -0.39 is 6.04 Å². The van der Waals surface area contributed by atoms with Gasteiger partial charge < -0.3 is 15.4 Å². The molecule has 1 atom stereocenters. The monoisotopic (exact) mass is 314 g/mol. The van der Waals surface area contributed by atoms with E-state index in [0.29, 0.717) is 18.2 Å². The van der Waals surface area contributed by atoms with Crippen LogP contribution in [0, 0.1) is 0 Å². The quantitative estimate of drug-likeness (QED) is 0.820. The number of hydrogen-bond donors (Lipinski definition) is 2. The van der Waals surface area contributed by atoms with Gasteiger partial charge in [-0.1, -0.05) is 30.3 Å². The standard InChI is InChI=1S/C17H22N4O2/c1-12(2)23-17-15(18-9-10-19-17)21-13(3)16(22)20-11-14-7-5-4-6-8-14/h4-10,12-13H,11H2,1-3H3,(H,18,21)(H,20,22). The number of nitrogens with one attached hydrogen (secondary N) is 2. The van der Waals surface area contributed by atoms with Crippen molar-refractivity contribution in [3.8, 4) is 5.88 Å². The van der Waals surface area contributed by atoms with Gasteiger partial charge >= 0.3 is 0 Å². The van der Waals surface area contributed by atoms with Crippen LogP contribution in [-0.4, -0.2) is 28.0 Å². The number of nitrogens with zero attached hydrogens (tertiary/aromatic N) is 2.